The summed E-state index contributed by atoms with van der Waals surface area (Å²) < 4.78 is 5.09. The quantitative estimate of drug-likeness (QED) is 0.796. The summed E-state index contributed by atoms with van der Waals surface area (Å²) in [5.74, 6) is -0.491. The van der Waals surface area contributed by atoms with E-state index in [1.807, 2.05) is 6.92 Å². The van der Waals surface area contributed by atoms with E-state index < -0.39 is 0 Å². The number of likely N-dealkylation sites (tertiary alicyclic amines) is 1. The number of primary amides is 1. The number of nitrogens with two attached hydrogens (primary N) is 1. The molecule has 1 amide bonds. The molecule has 0 bridgehead atoms. The highest BCUT2D eigenvalue weighted by Crippen LogP contribution is 2.31. The highest BCUT2D eigenvalue weighted by molar-refractivity contribution is 7.17. The van der Waals surface area contributed by atoms with Crippen LogP contribution >= 0.6 is 11.3 Å². The molecule has 7 nitrogen and oxygen atoms in total. The van der Waals surface area contributed by atoms with E-state index in [4.69, 9.17) is 10.5 Å². The normalized spacial score (nSPS) is 22.3. The number of esters is 1. The van der Waals surface area contributed by atoms with Crippen molar-refractivity contribution < 1.29 is 14.3 Å². The number of hydrogen-bond acceptors (Lipinski definition) is 7. The van der Waals surface area contributed by atoms with Gasteiger partial charge in [0.15, 0.2) is 5.13 Å². The number of piperidine rings is 1. The number of aryl methyl sites for hydroxylation is 1. The van der Waals surface area contributed by atoms with E-state index >= 15 is 0 Å². The van der Waals surface area contributed by atoms with Gasteiger partial charge in [-0.1, -0.05) is 11.3 Å². The molecule has 25 heavy (non-hydrogen) atoms. The number of thiazole rings is 1. The zero-order chi connectivity index (χ0) is 18.0. The van der Waals surface area contributed by atoms with Gasteiger partial charge in [0.2, 0.25) is 5.91 Å². The number of carbonyl (C=O) groups is 2. The van der Waals surface area contributed by atoms with Crippen molar-refractivity contribution in [2.24, 2.45) is 5.73 Å². The lowest BCUT2D eigenvalue weighted by Gasteiger charge is -2.38. The van der Waals surface area contributed by atoms with Crippen molar-refractivity contribution in [3.05, 3.63) is 10.6 Å². The van der Waals surface area contributed by atoms with Gasteiger partial charge in [0.1, 0.15) is 4.88 Å². The number of nitrogens with zero attached hydrogens (tertiary/aromatic N) is 3. The van der Waals surface area contributed by atoms with Crippen LogP contribution in [0.1, 0.15) is 48.0 Å². The molecule has 2 aliphatic rings. The van der Waals surface area contributed by atoms with Crippen LogP contribution in [0.2, 0.25) is 0 Å². The molecule has 1 unspecified atom stereocenters. The van der Waals surface area contributed by atoms with E-state index in [-0.39, 0.29) is 17.9 Å². The Labute approximate surface area is 152 Å². The highest BCUT2D eigenvalue weighted by atomic mass is 32.1. The third kappa shape index (κ3) is 3.79. The maximum Gasteiger partial charge on any atom is 0.350 e. The van der Waals surface area contributed by atoms with Crippen molar-refractivity contribution in [2.45, 2.75) is 51.6 Å². The number of aromatic nitrogens is 1. The van der Waals surface area contributed by atoms with Gasteiger partial charge in [0, 0.05) is 19.1 Å². The molecule has 1 aromatic rings. The van der Waals surface area contributed by atoms with Crippen molar-refractivity contribution >= 4 is 28.3 Å². The van der Waals surface area contributed by atoms with Crippen LogP contribution in [0.4, 0.5) is 5.13 Å². The third-order valence-electron chi connectivity index (χ3n) is 5.07. The van der Waals surface area contributed by atoms with E-state index in [0.717, 1.165) is 56.1 Å². The first-order valence-electron chi connectivity index (χ1n) is 8.95. The van der Waals surface area contributed by atoms with Gasteiger partial charge in [0.05, 0.1) is 18.3 Å². The van der Waals surface area contributed by atoms with Crippen LogP contribution in [0, 0.1) is 6.92 Å². The Morgan fingerprint density at radius 1 is 1.28 bits per heavy atom. The molecule has 2 N–H and O–H groups in total. The Bertz CT molecular complexity index is 640. The van der Waals surface area contributed by atoms with Crippen molar-refractivity contribution in [3.63, 3.8) is 0 Å². The van der Waals surface area contributed by atoms with Crippen LogP contribution in [-0.2, 0) is 9.53 Å². The Kier molecular flexibility index (Phi) is 5.58. The number of hydrogen-bond donors (Lipinski definition) is 1. The lowest BCUT2D eigenvalue weighted by atomic mass is 10.0. The highest BCUT2D eigenvalue weighted by Gasteiger charge is 2.36. The predicted octanol–water partition coefficient (Wildman–Crippen LogP) is 1.55. The van der Waals surface area contributed by atoms with Crippen LogP contribution in [-0.4, -0.2) is 60.1 Å². The minimum absolute atomic E-state index is 0.103. The average Bonchev–Trinajstić information content (AvgIpc) is 3.22. The van der Waals surface area contributed by atoms with E-state index in [0.29, 0.717) is 17.5 Å². The van der Waals surface area contributed by atoms with E-state index in [1.54, 1.807) is 6.92 Å². The molecule has 2 aliphatic heterocycles. The monoisotopic (exact) mass is 366 g/mol. The van der Waals surface area contributed by atoms with E-state index in [9.17, 15) is 9.59 Å². The van der Waals surface area contributed by atoms with Crippen LogP contribution in [0.15, 0.2) is 0 Å². The summed E-state index contributed by atoms with van der Waals surface area (Å²) in [5.41, 5.74) is 6.27. The summed E-state index contributed by atoms with van der Waals surface area (Å²) in [4.78, 5) is 33.2. The second kappa shape index (κ2) is 7.70. The zero-order valence-corrected chi connectivity index (χ0v) is 15.7. The first-order chi connectivity index (χ1) is 12.0. The fourth-order valence-corrected chi connectivity index (χ4v) is 4.84. The molecule has 2 fully saturated rings. The van der Waals surface area contributed by atoms with Gasteiger partial charge >= 0.3 is 5.97 Å². The second-order valence-electron chi connectivity index (χ2n) is 6.65. The van der Waals surface area contributed by atoms with Crippen molar-refractivity contribution in [1.82, 2.24) is 9.88 Å². The molecule has 0 spiro atoms. The van der Waals surface area contributed by atoms with Crippen LogP contribution in [0.3, 0.4) is 0 Å². The number of carbonyl (C=O) groups excluding carboxylic acids is 2. The Balaban J connectivity index is 1.62. The second-order valence-corrected chi connectivity index (χ2v) is 7.63. The van der Waals surface area contributed by atoms with Gasteiger partial charge in [-0.05, 0) is 46.1 Å². The molecule has 1 aromatic heterocycles. The lowest BCUT2D eigenvalue weighted by Crippen LogP contribution is -2.50. The minimum atomic E-state index is -0.292. The van der Waals surface area contributed by atoms with Gasteiger partial charge in [-0.25, -0.2) is 9.78 Å². The van der Waals surface area contributed by atoms with Gasteiger partial charge in [-0.3, -0.25) is 9.69 Å². The first kappa shape index (κ1) is 18.1. The van der Waals surface area contributed by atoms with Crippen molar-refractivity contribution in [1.29, 1.82) is 0 Å². The summed E-state index contributed by atoms with van der Waals surface area (Å²) in [6, 6.07) is 0.302. The van der Waals surface area contributed by atoms with Gasteiger partial charge in [-0.2, -0.15) is 0 Å². The number of amides is 1. The van der Waals surface area contributed by atoms with Gasteiger partial charge < -0.3 is 15.4 Å². The maximum absolute atomic E-state index is 12.0. The molecule has 0 aliphatic carbocycles. The molecule has 0 aromatic carbocycles. The molecule has 1 atom stereocenters. The standard InChI is InChI=1S/C17H26N4O3S/c1-3-24-16(23)14-11(2)19-17(25-14)20-9-6-12(7-10-20)21-8-4-5-13(21)15(18)22/h12-13H,3-10H2,1-2H3,(H2,18,22). The molecule has 138 valence electrons. The smallest absolute Gasteiger partial charge is 0.350 e. The molecule has 2 saturated heterocycles. The zero-order valence-electron chi connectivity index (χ0n) is 14.9. The van der Waals surface area contributed by atoms with Crippen LogP contribution in [0.25, 0.3) is 0 Å². The first-order valence-corrected chi connectivity index (χ1v) is 9.77. The molecular formula is C17H26N4O3S. The molecule has 8 heteroatoms. The number of ether oxygens (including phenoxy) is 1. The predicted molar refractivity (Wildman–Crippen MR) is 97.0 cm³/mol. The molecular weight excluding hydrogens is 340 g/mol. The van der Waals surface area contributed by atoms with E-state index in [2.05, 4.69) is 14.8 Å². The SMILES string of the molecule is CCOC(=O)c1sc(N2CCC(N3CCCC3C(N)=O)CC2)nc1C. The van der Waals surface area contributed by atoms with Gasteiger partial charge in [0.25, 0.3) is 0 Å². The Morgan fingerprint density at radius 3 is 2.64 bits per heavy atom. The molecule has 0 saturated carbocycles. The molecule has 0 radical (unpaired) electrons. The summed E-state index contributed by atoms with van der Waals surface area (Å²) in [7, 11) is 0. The fraction of sp³-hybridized carbons (Fsp3) is 0.706. The summed E-state index contributed by atoms with van der Waals surface area (Å²) in [5, 5.41) is 0.881. The Hall–Kier alpha value is -1.67. The summed E-state index contributed by atoms with van der Waals surface area (Å²) in [6.45, 7) is 6.73. The summed E-state index contributed by atoms with van der Waals surface area (Å²) >= 11 is 1.41. The van der Waals surface area contributed by atoms with Gasteiger partial charge in [-0.15, -0.1) is 0 Å². The maximum atomic E-state index is 12.0. The number of anilines is 1. The van der Waals surface area contributed by atoms with Crippen molar-refractivity contribution in [3.8, 4) is 0 Å². The summed E-state index contributed by atoms with van der Waals surface area (Å²) in [6.07, 6.45) is 3.89. The average molecular weight is 366 g/mol. The third-order valence-corrected chi connectivity index (χ3v) is 6.27. The van der Waals surface area contributed by atoms with E-state index in [1.165, 1.54) is 11.3 Å². The van der Waals surface area contributed by atoms with Crippen LogP contribution < -0.4 is 10.6 Å². The molecule has 3 rings (SSSR count). The van der Waals surface area contributed by atoms with Crippen molar-refractivity contribution in [2.75, 3.05) is 31.1 Å². The molecule has 3 heterocycles. The topological polar surface area (TPSA) is 88.8 Å². The van der Waals surface area contributed by atoms with Crippen LogP contribution in [0.5, 0.6) is 0 Å². The lowest BCUT2D eigenvalue weighted by molar-refractivity contribution is -0.123. The number of rotatable bonds is 5. The minimum Gasteiger partial charge on any atom is -0.462 e. The Morgan fingerprint density at radius 2 is 2.00 bits per heavy atom. The largest absolute Gasteiger partial charge is 0.462 e. The fourth-order valence-electron chi connectivity index (χ4n) is 3.82.